The van der Waals surface area contributed by atoms with Crippen molar-refractivity contribution in [2.24, 2.45) is 0 Å². The first kappa shape index (κ1) is 21.5. The molecule has 1 atom stereocenters. The minimum Gasteiger partial charge on any atom is -0.354 e. The van der Waals surface area contributed by atoms with E-state index in [4.69, 9.17) is 0 Å². The number of amides is 1. The summed E-state index contributed by atoms with van der Waals surface area (Å²) in [4.78, 5) is 16.2. The Labute approximate surface area is 145 Å². The minimum absolute atomic E-state index is 0. The highest BCUT2D eigenvalue weighted by Gasteiger charge is 2.42. The molecule has 0 radical (unpaired) electrons. The van der Waals surface area contributed by atoms with Gasteiger partial charge in [-0.2, -0.15) is 0 Å². The molecule has 0 bridgehead atoms. The van der Waals surface area contributed by atoms with Gasteiger partial charge in [0.05, 0.1) is 23.3 Å². The molecule has 0 aliphatic carbocycles. The fraction of sp³-hybridized carbons (Fsp3) is 0.692. The molecule has 2 rings (SSSR count). The van der Waals surface area contributed by atoms with Crippen LogP contribution >= 0.6 is 36.2 Å². The number of aromatic nitrogens is 1. The van der Waals surface area contributed by atoms with Crippen molar-refractivity contribution in [1.82, 2.24) is 15.6 Å². The van der Waals surface area contributed by atoms with Crippen LogP contribution in [0.15, 0.2) is 5.38 Å². The van der Waals surface area contributed by atoms with Crippen molar-refractivity contribution < 1.29 is 13.6 Å². The summed E-state index contributed by atoms with van der Waals surface area (Å²) in [7, 11) is 0. The molecule has 22 heavy (non-hydrogen) atoms. The average Bonchev–Trinajstić information content (AvgIpc) is 2.95. The lowest BCUT2D eigenvalue weighted by Crippen LogP contribution is -2.41. The second-order valence-corrected chi connectivity index (χ2v) is 6.26. The molecule has 1 aliphatic rings. The number of halogens is 4. The molecule has 1 aliphatic heterocycles. The SMILES string of the molecule is CC(C)c1nc(CCNC(=O)C2CC(F)(F)CN2)cs1.Cl.Cl. The predicted octanol–water partition coefficient (Wildman–Crippen LogP) is 2.77. The van der Waals surface area contributed by atoms with Crippen LogP contribution in [0.2, 0.25) is 0 Å². The summed E-state index contributed by atoms with van der Waals surface area (Å²) in [6.07, 6.45) is 0.200. The normalized spacial score (nSPS) is 19.4. The molecule has 1 saturated heterocycles. The number of nitrogens with zero attached hydrogens (tertiary/aromatic N) is 1. The van der Waals surface area contributed by atoms with Crippen LogP contribution < -0.4 is 10.6 Å². The Bertz CT molecular complexity index is 486. The van der Waals surface area contributed by atoms with E-state index >= 15 is 0 Å². The van der Waals surface area contributed by atoms with Gasteiger partial charge in [0, 0.05) is 30.7 Å². The van der Waals surface area contributed by atoms with Crippen molar-refractivity contribution in [3.05, 3.63) is 16.1 Å². The molecule has 4 nitrogen and oxygen atoms in total. The van der Waals surface area contributed by atoms with Crippen LogP contribution in [0.25, 0.3) is 0 Å². The maximum atomic E-state index is 13.0. The summed E-state index contributed by atoms with van der Waals surface area (Å²) in [5.41, 5.74) is 0.934. The molecule has 0 aromatic carbocycles. The van der Waals surface area contributed by atoms with Gasteiger partial charge in [-0.05, 0) is 0 Å². The maximum absolute atomic E-state index is 13.0. The van der Waals surface area contributed by atoms with Crippen molar-refractivity contribution in [1.29, 1.82) is 0 Å². The highest BCUT2D eigenvalue weighted by Crippen LogP contribution is 2.25. The zero-order valence-corrected chi connectivity index (χ0v) is 14.8. The molecule has 2 N–H and O–H groups in total. The summed E-state index contributed by atoms with van der Waals surface area (Å²) >= 11 is 1.61. The van der Waals surface area contributed by atoms with Gasteiger partial charge in [-0.3, -0.25) is 10.1 Å². The highest BCUT2D eigenvalue weighted by atomic mass is 35.5. The van der Waals surface area contributed by atoms with E-state index in [1.807, 2.05) is 5.38 Å². The third-order valence-corrected chi connectivity index (χ3v) is 4.36. The quantitative estimate of drug-likeness (QED) is 0.831. The highest BCUT2D eigenvalue weighted by molar-refractivity contribution is 7.09. The number of carbonyl (C=O) groups is 1. The van der Waals surface area contributed by atoms with Gasteiger partial charge in [-0.25, -0.2) is 13.8 Å². The van der Waals surface area contributed by atoms with Crippen LogP contribution in [0.1, 0.15) is 36.9 Å². The van der Waals surface area contributed by atoms with Crippen LogP contribution in [0.3, 0.4) is 0 Å². The van der Waals surface area contributed by atoms with E-state index in [9.17, 15) is 13.6 Å². The standard InChI is InChI=1S/C13H19F2N3OS.2ClH/c1-8(2)12-18-9(6-20-12)3-4-16-11(19)10-5-13(14,15)7-17-10;;/h6,8,10,17H,3-5,7H2,1-2H3,(H,16,19);2*1H. The molecule has 1 unspecified atom stereocenters. The number of carbonyl (C=O) groups excluding carboxylic acids is 1. The summed E-state index contributed by atoms with van der Waals surface area (Å²) < 4.78 is 25.9. The van der Waals surface area contributed by atoms with Crippen molar-refractivity contribution in [3.8, 4) is 0 Å². The molecule has 1 amide bonds. The predicted molar refractivity (Wildman–Crippen MR) is 88.8 cm³/mol. The number of hydrogen-bond donors (Lipinski definition) is 2. The second-order valence-electron chi connectivity index (χ2n) is 5.37. The van der Waals surface area contributed by atoms with E-state index < -0.39 is 24.9 Å². The average molecular weight is 376 g/mol. The van der Waals surface area contributed by atoms with Crippen molar-refractivity contribution in [3.63, 3.8) is 0 Å². The fourth-order valence-corrected chi connectivity index (χ4v) is 2.91. The minimum atomic E-state index is -2.77. The van der Waals surface area contributed by atoms with E-state index in [0.29, 0.717) is 18.9 Å². The van der Waals surface area contributed by atoms with Gasteiger partial charge in [0.25, 0.3) is 5.92 Å². The molecule has 1 fully saturated rings. The zero-order chi connectivity index (χ0) is 14.8. The van der Waals surface area contributed by atoms with Gasteiger partial charge in [0.1, 0.15) is 0 Å². The van der Waals surface area contributed by atoms with Gasteiger partial charge in [0.2, 0.25) is 5.91 Å². The monoisotopic (exact) mass is 375 g/mol. The maximum Gasteiger partial charge on any atom is 0.262 e. The van der Waals surface area contributed by atoms with Gasteiger partial charge < -0.3 is 5.32 Å². The summed E-state index contributed by atoms with van der Waals surface area (Å²) in [5, 5.41) is 8.27. The van der Waals surface area contributed by atoms with Crippen molar-refractivity contribution >= 4 is 42.1 Å². The fourth-order valence-electron chi connectivity index (χ4n) is 2.04. The molecule has 128 valence electrons. The van der Waals surface area contributed by atoms with Gasteiger partial charge >= 0.3 is 0 Å². The van der Waals surface area contributed by atoms with Crippen molar-refractivity contribution in [2.75, 3.05) is 13.1 Å². The van der Waals surface area contributed by atoms with Crippen LogP contribution in [-0.4, -0.2) is 35.9 Å². The lowest BCUT2D eigenvalue weighted by Gasteiger charge is -2.10. The Morgan fingerprint density at radius 1 is 1.55 bits per heavy atom. The summed E-state index contributed by atoms with van der Waals surface area (Å²) in [6.45, 7) is 4.16. The Hall–Kier alpha value is -0.500. The smallest absolute Gasteiger partial charge is 0.262 e. The molecule has 9 heteroatoms. The first-order valence-electron chi connectivity index (χ1n) is 6.70. The lowest BCUT2D eigenvalue weighted by molar-refractivity contribution is -0.123. The number of hydrogen-bond acceptors (Lipinski definition) is 4. The van der Waals surface area contributed by atoms with E-state index in [1.54, 1.807) is 11.3 Å². The Balaban J connectivity index is 0.00000220. The molecule has 0 spiro atoms. The largest absolute Gasteiger partial charge is 0.354 e. The molecule has 2 heterocycles. The Morgan fingerprint density at radius 3 is 2.73 bits per heavy atom. The summed E-state index contributed by atoms with van der Waals surface area (Å²) in [5.74, 6) is -2.74. The van der Waals surface area contributed by atoms with Crippen LogP contribution in [0.4, 0.5) is 8.78 Å². The molecule has 0 saturated carbocycles. The first-order valence-corrected chi connectivity index (χ1v) is 7.58. The van der Waals surface area contributed by atoms with E-state index in [0.717, 1.165) is 10.7 Å². The van der Waals surface area contributed by atoms with Crippen LogP contribution in [0.5, 0.6) is 0 Å². The Morgan fingerprint density at radius 2 is 2.23 bits per heavy atom. The van der Waals surface area contributed by atoms with E-state index in [1.165, 1.54) is 0 Å². The number of rotatable bonds is 5. The third-order valence-electron chi connectivity index (χ3n) is 3.17. The summed E-state index contributed by atoms with van der Waals surface area (Å²) in [6, 6.07) is -0.786. The van der Waals surface area contributed by atoms with Crippen molar-refractivity contribution in [2.45, 2.75) is 44.6 Å². The number of alkyl halides is 2. The third kappa shape index (κ3) is 5.95. The molecule has 1 aromatic rings. The number of thiazole rings is 1. The zero-order valence-electron chi connectivity index (χ0n) is 12.4. The number of nitrogens with one attached hydrogen (secondary N) is 2. The Kier molecular flexibility index (Phi) is 8.75. The molecular weight excluding hydrogens is 355 g/mol. The lowest BCUT2D eigenvalue weighted by atomic mass is 10.2. The van der Waals surface area contributed by atoms with Crippen LogP contribution in [-0.2, 0) is 11.2 Å². The molecule has 1 aromatic heterocycles. The molecular formula is C13H21Cl2F2N3OS. The van der Waals surface area contributed by atoms with Gasteiger partial charge in [-0.1, -0.05) is 13.8 Å². The van der Waals surface area contributed by atoms with Crippen LogP contribution in [0, 0.1) is 0 Å². The topological polar surface area (TPSA) is 54.0 Å². The van der Waals surface area contributed by atoms with Gasteiger partial charge in [-0.15, -0.1) is 36.2 Å². The second kappa shape index (κ2) is 8.96. The first-order chi connectivity index (χ1) is 9.37. The van der Waals surface area contributed by atoms with E-state index in [-0.39, 0.29) is 30.7 Å². The van der Waals surface area contributed by atoms with E-state index in [2.05, 4.69) is 29.5 Å². The van der Waals surface area contributed by atoms with Gasteiger partial charge in [0.15, 0.2) is 0 Å².